The summed E-state index contributed by atoms with van der Waals surface area (Å²) in [6.45, 7) is 2.30. The summed E-state index contributed by atoms with van der Waals surface area (Å²) in [6.07, 6.45) is 11.2. The van der Waals surface area contributed by atoms with Gasteiger partial charge in [0, 0.05) is 0 Å². The van der Waals surface area contributed by atoms with Crippen LogP contribution in [0, 0.1) is 11.8 Å². The first-order valence-corrected chi connectivity index (χ1v) is 9.03. The summed E-state index contributed by atoms with van der Waals surface area (Å²) in [7, 11) is 0. The van der Waals surface area contributed by atoms with Gasteiger partial charge in [0.2, 0.25) is 0 Å². The Hall–Kier alpha value is -0.820. The van der Waals surface area contributed by atoms with Crippen LogP contribution in [0.2, 0.25) is 0 Å². The molecule has 2 aliphatic carbocycles. The van der Waals surface area contributed by atoms with Gasteiger partial charge in [-0.15, -0.1) is 0 Å². The highest BCUT2D eigenvalue weighted by molar-refractivity contribution is 5.32. The second-order valence-electron chi connectivity index (χ2n) is 7.29. The molecule has 0 spiro atoms. The number of aliphatic hydroxyl groups excluding tert-OH is 1. The third-order valence-corrected chi connectivity index (χ3v) is 5.96. The lowest BCUT2D eigenvalue weighted by Crippen LogP contribution is -2.29. The molecule has 0 amide bonds. The second kappa shape index (κ2) is 6.96. The Bertz CT molecular complexity index is 453. The number of fused-ring (bicyclic) bond motifs is 1. The lowest BCUT2D eigenvalue weighted by molar-refractivity contribution is 0.0544. The first-order valence-electron chi connectivity index (χ1n) is 9.03. The van der Waals surface area contributed by atoms with Gasteiger partial charge in [0.05, 0.1) is 6.10 Å². The largest absolute Gasteiger partial charge is 0.393 e. The number of hydrogen-bond acceptors (Lipinski definition) is 1. The van der Waals surface area contributed by atoms with Gasteiger partial charge in [0.15, 0.2) is 0 Å². The predicted molar refractivity (Wildman–Crippen MR) is 88.5 cm³/mol. The molecule has 1 nitrogen and oxygen atoms in total. The summed E-state index contributed by atoms with van der Waals surface area (Å²) >= 11 is 0. The molecule has 1 aromatic rings. The zero-order chi connectivity index (χ0) is 14.7. The molecule has 21 heavy (non-hydrogen) atoms. The number of hydrogen-bond donors (Lipinski definition) is 1. The molecular formula is C20H30O. The van der Waals surface area contributed by atoms with Crippen molar-refractivity contribution in [1.29, 1.82) is 0 Å². The van der Waals surface area contributed by atoms with E-state index in [1.54, 1.807) is 0 Å². The first-order chi connectivity index (χ1) is 10.3. The summed E-state index contributed by atoms with van der Waals surface area (Å²) in [5, 5.41) is 10.8. The van der Waals surface area contributed by atoms with Gasteiger partial charge < -0.3 is 5.11 Å². The van der Waals surface area contributed by atoms with Crippen LogP contribution < -0.4 is 0 Å². The van der Waals surface area contributed by atoms with Gasteiger partial charge in [-0.25, -0.2) is 0 Å². The van der Waals surface area contributed by atoms with Gasteiger partial charge in [-0.1, -0.05) is 50.5 Å². The standard InChI is InChI=1S/C20H30O/c1-2-15-7-5-11-18(13-15)20(21)14-17-10-6-9-16-8-3-4-12-19(16)17/h3-4,8,12,15,17-18,20-21H,2,5-7,9-11,13-14H2,1H3. The van der Waals surface area contributed by atoms with Gasteiger partial charge in [-0.05, 0) is 67.4 Å². The summed E-state index contributed by atoms with van der Waals surface area (Å²) in [4.78, 5) is 0. The molecule has 0 bridgehead atoms. The molecule has 116 valence electrons. The molecule has 1 aromatic carbocycles. The minimum absolute atomic E-state index is 0.0875. The molecule has 4 atom stereocenters. The van der Waals surface area contributed by atoms with Crippen LogP contribution in [-0.2, 0) is 6.42 Å². The maximum absolute atomic E-state index is 10.8. The van der Waals surface area contributed by atoms with Crippen molar-refractivity contribution >= 4 is 0 Å². The van der Waals surface area contributed by atoms with E-state index in [9.17, 15) is 5.11 Å². The Morgan fingerprint density at radius 2 is 2.00 bits per heavy atom. The van der Waals surface area contributed by atoms with E-state index in [2.05, 4.69) is 31.2 Å². The van der Waals surface area contributed by atoms with E-state index in [4.69, 9.17) is 0 Å². The Morgan fingerprint density at radius 1 is 1.14 bits per heavy atom. The van der Waals surface area contributed by atoms with Gasteiger partial charge in [-0.3, -0.25) is 0 Å². The zero-order valence-corrected chi connectivity index (χ0v) is 13.4. The van der Waals surface area contributed by atoms with Crippen LogP contribution in [0.15, 0.2) is 24.3 Å². The van der Waals surface area contributed by atoms with E-state index in [0.29, 0.717) is 11.8 Å². The normalized spacial score (nSPS) is 30.7. The fourth-order valence-electron chi connectivity index (χ4n) is 4.64. The van der Waals surface area contributed by atoms with Gasteiger partial charge in [0.1, 0.15) is 0 Å². The molecule has 0 aliphatic heterocycles. The highest BCUT2D eigenvalue weighted by Crippen LogP contribution is 2.39. The van der Waals surface area contributed by atoms with Crippen molar-refractivity contribution in [2.75, 3.05) is 0 Å². The average Bonchev–Trinajstić information content (AvgIpc) is 2.55. The van der Waals surface area contributed by atoms with Crippen molar-refractivity contribution < 1.29 is 5.11 Å². The van der Waals surface area contributed by atoms with Gasteiger partial charge in [0.25, 0.3) is 0 Å². The van der Waals surface area contributed by atoms with Crippen molar-refractivity contribution in [3.05, 3.63) is 35.4 Å². The monoisotopic (exact) mass is 286 g/mol. The quantitative estimate of drug-likeness (QED) is 0.819. The maximum atomic E-state index is 10.8. The van der Waals surface area contributed by atoms with Crippen molar-refractivity contribution in [2.45, 2.75) is 76.7 Å². The van der Waals surface area contributed by atoms with Crippen LogP contribution in [-0.4, -0.2) is 11.2 Å². The van der Waals surface area contributed by atoms with Crippen LogP contribution in [0.3, 0.4) is 0 Å². The minimum atomic E-state index is -0.0875. The summed E-state index contributed by atoms with van der Waals surface area (Å²) < 4.78 is 0. The Labute approximate surface area is 129 Å². The second-order valence-corrected chi connectivity index (χ2v) is 7.29. The van der Waals surface area contributed by atoms with Crippen LogP contribution in [0.5, 0.6) is 0 Å². The summed E-state index contributed by atoms with van der Waals surface area (Å²) in [6, 6.07) is 8.89. The third-order valence-electron chi connectivity index (χ3n) is 5.96. The smallest absolute Gasteiger partial charge is 0.0574 e. The van der Waals surface area contributed by atoms with E-state index in [1.807, 2.05) is 0 Å². The average molecular weight is 286 g/mol. The fourth-order valence-corrected chi connectivity index (χ4v) is 4.64. The van der Waals surface area contributed by atoms with E-state index in [0.717, 1.165) is 12.3 Å². The summed E-state index contributed by atoms with van der Waals surface area (Å²) in [5.41, 5.74) is 3.04. The van der Waals surface area contributed by atoms with Crippen LogP contribution in [0.1, 0.15) is 75.3 Å². The topological polar surface area (TPSA) is 20.2 Å². The van der Waals surface area contributed by atoms with E-state index >= 15 is 0 Å². The Morgan fingerprint density at radius 3 is 2.86 bits per heavy atom. The van der Waals surface area contributed by atoms with Crippen molar-refractivity contribution in [1.82, 2.24) is 0 Å². The van der Waals surface area contributed by atoms with E-state index < -0.39 is 0 Å². The number of benzene rings is 1. The number of aliphatic hydroxyl groups is 1. The Kier molecular flexibility index (Phi) is 5.00. The molecule has 1 saturated carbocycles. The SMILES string of the molecule is CCC1CCCC(C(O)CC2CCCc3ccccc32)C1. The van der Waals surface area contributed by atoms with E-state index in [-0.39, 0.29) is 6.10 Å². The molecule has 0 saturated heterocycles. The van der Waals surface area contributed by atoms with Crippen molar-refractivity contribution in [3.8, 4) is 0 Å². The maximum Gasteiger partial charge on any atom is 0.0574 e. The lowest BCUT2D eigenvalue weighted by Gasteiger charge is -2.34. The molecule has 1 N–H and O–H groups in total. The molecule has 4 unspecified atom stereocenters. The highest BCUT2D eigenvalue weighted by atomic mass is 16.3. The molecule has 0 aromatic heterocycles. The van der Waals surface area contributed by atoms with Crippen LogP contribution in [0.25, 0.3) is 0 Å². The van der Waals surface area contributed by atoms with E-state index in [1.165, 1.54) is 62.5 Å². The predicted octanol–water partition coefficient (Wildman–Crippen LogP) is 5.07. The molecular weight excluding hydrogens is 256 g/mol. The fraction of sp³-hybridized carbons (Fsp3) is 0.700. The molecule has 1 fully saturated rings. The molecule has 2 aliphatic rings. The number of rotatable bonds is 4. The molecule has 0 radical (unpaired) electrons. The molecule has 0 heterocycles. The van der Waals surface area contributed by atoms with Crippen LogP contribution in [0.4, 0.5) is 0 Å². The molecule has 1 heteroatoms. The third kappa shape index (κ3) is 3.51. The van der Waals surface area contributed by atoms with Crippen LogP contribution >= 0.6 is 0 Å². The summed E-state index contributed by atoms with van der Waals surface area (Å²) in [5.74, 6) is 2.00. The lowest BCUT2D eigenvalue weighted by atomic mass is 9.73. The number of aryl methyl sites for hydroxylation is 1. The first kappa shape index (κ1) is 15.1. The van der Waals surface area contributed by atoms with Crippen molar-refractivity contribution in [2.24, 2.45) is 11.8 Å². The zero-order valence-electron chi connectivity index (χ0n) is 13.4. The Balaban J connectivity index is 1.64. The van der Waals surface area contributed by atoms with Gasteiger partial charge in [-0.2, -0.15) is 0 Å². The highest BCUT2D eigenvalue weighted by Gasteiger charge is 2.30. The molecule has 3 rings (SSSR count). The minimum Gasteiger partial charge on any atom is -0.393 e. The van der Waals surface area contributed by atoms with Crippen molar-refractivity contribution in [3.63, 3.8) is 0 Å². The van der Waals surface area contributed by atoms with Gasteiger partial charge >= 0.3 is 0 Å².